The summed E-state index contributed by atoms with van der Waals surface area (Å²) in [6, 6.07) is 0. The summed E-state index contributed by atoms with van der Waals surface area (Å²) >= 11 is 0. The van der Waals surface area contributed by atoms with Crippen LogP contribution in [0.15, 0.2) is 0 Å². The molecular formula is C81H158O17P2. The van der Waals surface area contributed by atoms with Gasteiger partial charge < -0.3 is 33.8 Å². The molecule has 0 amide bonds. The van der Waals surface area contributed by atoms with Crippen molar-refractivity contribution in [1.29, 1.82) is 0 Å². The average Bonchev–Trinajstić information content (AvgIpc) is 0.936. The number of ether oxygens (including phenoxy) is 4. The van der Waals surface area contributed by atoms with Crippen molar-refractivity contribution >= 4 is 39.5 Å². The predicted molar refractivity (Wildman–Crippen MR) is 409 cm³/mol. The second-order valence-corrected chi connectivity index (χ2v) is 33.5. The van der Waals surface area contributed by atoms with Gasteiger partial charge in [-0.05, 0) is 43.4 Å². The number of carbonyl (C=O) groups is 4. The smallest absolute Gasteiger partial charge is 0.462 e. The predicted octanol–water partition coefficient (Wildman–Crippen LogP) is 24.1. The van der Waals surface area contributed by atoms with Gasteiger partial charge in [0.05, 0.1) is 26.4 Å². The van der Waals surface area contributed by atoms with Crippen LogP contribution in [0.3, 0.4) is 0 Å². The highest BCUT2D eigenvalue weighted by molar-refractivity contribution is 7.47. The number of phosphoric ester groups is 2. The molecule has 0 spiro atoms. The lowest BCUT2D eigenvalue weighted by Crippen LogP contribution is -2.30. The number of aliphatic hydroxyl groups excluding tert-OH is 1. The van der Waals surface area contributed by atoms with Crippen LogP contribution < -0.4 is 0 Å². The van der Waals surface area contributed by atoms with Crippen LogP contribution >= 0.6 is 15.6 Å². The number of unbranched alkanes of at least 4 members (excludes halogenated alkanes) is 47. The van der Waals surface area contributed by atoms with Gasteiger partial charge >= 0.3 is 39.5 Å². The van der Waals surface area contributed by atoms with Crippen molar-refractivity contribution in [3.63, 3.8) is 0 Å². The standard InChI is InChI=1S/C81H158O17P2/c1-8-9-10-11-12-13-14-15-16-17-18-19-26-31-36-41-50-57-64-80(85)97-76(68-91-78(83)62-55-48-40-35-30-25-21-20-23-28-33-38-45-52-59-72(2)3)70-95-99(87,88)93-66-75(82)67-94-100(89,90)96-71-77(69-92-79(84)63-56-49-44-43-47-54-61-74(6)7)98-81(86)65-58-51-42-37-32-27-22-24-29-34-39-46-53-60-73(4)5/h72-77,82H,8-71H2,1-7H3,(H,87,88)(H,89,90)/t75-,76-,77-/m1/s1. The van der Waals surface area contributed by atoms with Gasteiger partial charge in [0.1, 0.15) is 19.3 Å². The Hall–Kier alpha value is -1.94. The lowest BCUT2D eigenvalue weighted by molar-refractivity contribution is -0.161. The lowest BCUT2D eigenvalue weighted by Gasteiger charge is -2.21. The Morgan fingerprint density at radius 1 is 0.270 bits per heavy atom. The van der Waals surface area contributed by atoms with Crippen LogP contribution in [0.4, 0.5) is 0 Å². The second-order valence-electron chi connectivity index (χ2n) is 30.6. The van der Waals surface area contributed by atoms with Gasteiger partial charge in [-0.15, -0.1) is 0 Å². The van der Waals surface area contributed by atoms with Crippen LogP contribution in [-0.2, 0) is 65.4 Å². The Labute approximate surface area is 613 Å². The first-order chi connectivity index (χ1) is 48.2. The van der Waals surface area contributed by atoms with Crippen molar-refractivity contribution < 1.29 is 80.2 Å². The largest absolute Gasteiger partial charge is 0.472 e. The van der Waals surface area contributed by atoms with Crippen molar-refractivity contribution in [2.24, 2.45) is 17.8 Å². The molecule has 594 valence electrons. The maximum Gasteiger partial charge on any atom is 0.472 e. The molecule has 0 aliphatic carbocycles. The first kappa shape index (κ1) is 98.1. The minimum absolute atomic E-state index is 0.106. The number of carbonyl (C=O) groups excluding carboxylic acids is 4. The highest BCUT2D eigenvalue weighted by Crippen LogP contribution is 2.45. The Kier molecular flexibility index (Phi) is 69.9. The van der Waals surface area contributed by atoms with E-state index in [2.05, 4.69) is 48.5 Å². The third kappa shape index (κ3) is 74.3. The average molecular weight is 1470 g/mol. The Morgan fingerprint density at radius 3 is 0.680 bits per heavy atom. The van der Waals surface area contributed by atoms with E-state index >= 15 is 0 Å². The zero-order chi connectivity index (χ0) is 73.7. The third-order valence-electron chi connectivity index (χ3n) is 18.9. The van der Waals surface area contributed by atoms with E-state index in [-0.39, 0.29) is 25.7 Å². The van der Waals surface area contributed by atoms with E-state index in [0.717, 1.165) is 108 Å². The molecule has 0 aromatic rings. The fourth-order valence-electron chi connectivity index (χ4n) is 12.5. The van der Waals surface area contributed by atoms with Crippen LogP contribution in [-0.4, -0.2) is 96.7 Å². The van der Waals surface area contributed by atoms with Crippen LogP contribution in [0.1, 0.15) is 421 Å². The van der Waals surface area contributed by atoms with E-state index in [9.17, 15) is 43.2 Å². The number of esters is 4. The van der Waals surface area contributed by atoms with Gasteiger partial charge in [-0.3, -0.25) is 37.3 Å². The van der Waals surface area contributed by atoms with E-state index in [1.165, 1.54) is 225 Å². The summed E-state index contributed by atoms with van der Waals surface area (Å²) in [6.45, 7) is 11.9. The van der Waals surface area contributed by atoms with E-state index in [4.69, 9.17) is 37.0 Å². The molecule has 3 N–H and O–H groups in total. The van der Waals surface area contributed by atoms with Crippen LogP contribution in [0.2, 0.25) is 0 Å². The monoisotopic (exact) mass is 1470 g/mol. The van der Waals surface area contributed by atoms with Crippen molar-refractivity contribution in [2.75, 3.05) is 39.6 Å². The highest BCUT2D eigenvalue weighted by atomic mass is 31.2. The van der Waals surface area contributed by atoms with Gasteiger partial charge in [-0.25, -0.2) is 9.13 Å². The molecule has 0 saturated carbocycles. The minimum atomic E-state index is -4.96. The molecule has 17 nitrogen and oxygen atoms in total. The van der Waals surface area contributed by atoms with Gasteiger partial charge in [0.15, 0.2) is 12.2 Å². The molecule has 19 heteroatoms. The maximum absolute atomic E-state index is 13.1. The molecule has 0 rings (SSSR count). The summed E-state index contributed by atoms with van der Waals surface area (Å²) in [7, 11) is -9.92. The van der Waals surface area contributed by atoms with Gasteiger partial charge in [0.25, 0.3) is 0 Å². The number of phosphoric acid groups is 2. The fraction of sp³-hybridized carbons (Fsp3) is 0.951. The topological polar surface area (TPSA) is 237 Å². The molecule has 0 aromatic carbocycles. The fourth-order valence-corrected chi connectivity index (χ4v) is 14.1. The second kappa shape index (κ2) is 71.3. The molecule has 0 heterocycles. The number of hydrogen-bond acceptors (Lipinski definition) is 15. The molecule has 0 aliphatic heterocycles. The molecular weight excluding hydrogens is 1310 g/mol. The minimum Gasteiger partial charge on any atom is -0.462 e. The van der Waals surface area contributed by atoms with E-state index in [0.29, 0.717) is 31.6 Å². The van der Waals surface area contributed by atoms with Gasteiger partial charge in [-0.1, -0.05) is 370 Å². The summed E-state index contributed by atoms with van der Waals surface area (Å²) in [4.78, 5) is 73.0. The first-order valence-electron chi connectivity index (χ1n) is 41.8. The molecule has 2 unspecified atom stereocenters. The molecule has 0 radical (unpaired) electrons. The lowest BCUT2D eigenvalue weighted by atomic mass is 10.0. The van der Waals surface area contributed by atoms with E-state index < -0.39 is 97.5 Å². The highest BCUT2D eigenvalue weighted by Gasteiger charge is 2.30. The molecule has 0 fully saturated rings. The maximum atomic E-state index is 13.1. The van der Waals surface area contributed by atoms with Crippen molar-refractivity contribution in [3.8, 4) is 0 Å². The van der Waals surface area contributed by atoms with Crippen molar-refractivity contribution in [2.45, 2.75) is 439 Å². The summed E-state index contributed by atoms with van der Waals surface area (Å²) in [5, 5.41) is 10.6. The first-order valence-corrected chi connectivity index (χ1v) is 44.8. The molecule has 0 bridgehead atoms. The molecule has 5 atom stereocenters. The number of aliphatic hydroxyl groups is 1. The van der Waals surface area contributed by atoms with E-state index in [1.54, 1.807) is 0 Å². The van der Waals surface area contributed by atoms with Crippen LogP contribution in [0, 0.1) is 17.8 Å². The Balaban J connectivity index is 5.23. The SMILES string of the molecule is CCCCCCCCCCCCCCCCCCCCC(=O)O[C@H](COC(=O)CCCCCCCCCCCCCCCCC(C)C)COP(=O)(O)OC[C@@H](O)COP(=O)(O)OC[C@@H](COC(=O)CCCCCCCCC(C)C)OC(=O)CCCCCCCCCCCCCCCC(C)C. The van der Waals surface area contributed by atoms with Crippen molar-refractivity contribution in [1.82, 2.24) is 0 Å². The van der Waals surface area contributed by atoms with Crippen molar-refractivity contribution in [3.05, 3.63) is 0 Å². The molecule has 100 heavy (non-hydrogen) atoms. The zero-order valence-corrected chi connectivity index (χ0v) is 67.5. The third-order valence-corrected chi connectivity index (χ3v) is 20.8. The van der Waals surface area contributed by atoms with Crippen LogP contribution in [0.5, 0.6) is 0 Å². The molecule has 0 saturated heterocycles. The molecule has 0 aromatic heterocycles. The van der Waals surface area contributed by atoms with Gasteiger partial charge in [0.2, 0.25) is 0 Å². The normalized spacial score (nSPS) is 14.0. The van der Waals surface area contributed by atoms with Gasteiger partial charge in [-0.2, -0.15) is 0 Å². The summed E-state index contributed by atoms with van der Waals surface area (Å²) in [5.74, 6) is 0.153. The Bertz CT molecular complexity index is 1940. The van der Waals surface area contributed by atoms with Crippen LogP contribution in [0.25, 0.3) is 0 Å². The van der Waals surface area contributed by atoms with Gasteiger partial charge in [0, 0.05) is 25.7 Å². The zero-order valence-electron chi connectivity index (χ0n) is 65.7. The quantitative estimate of drug-likeness (QED) is 0.0222. The summed E-state index contributed by atoms with van der Waals surface area (Å²) in [6.07, 6.45) is 59.8. The number of hydrogen-bond donors (Lipinski definition) is 3. The van der Waals surface area contributed by atoms with E-state index in [1.807, 2.05) is 0 Å². The molecule has 0 aliphatic rings. The Morgan fingerprint density at radius 2 is 0.460 bits per heavy atom. The number of rotatable bonds is 79. The summed E-state index contributed by atoms with van der Waals surface area (Å²) < 4.78 is 68.7. The summed E-state index contributed by atoms with van der Waals surface area (Å²) in [5.41, 5.74) is 0.